The van der Waals surface area contributed by atoms with Crippen molar-refractivity contribution in [1.29, 1.82) is 0 Å². The third kappa shape index (κ3) is 5.58. The van der Waals surface area contributed by atoms with Crippen molar-refractivity contribution >= 4 is 5.69 Å². The van der Waals surface area contributed by atoms with Gasteiger partial charge in [-0.3, -0.25) is 0 Å². The van der Waals surface area contributed by atoms with Crippen molar-refractivity contribution in [2.45, 2.75) is 41.0 Å². The summed E-state index contributed by atoms with van der Waals surface area (Å²) in [6, 6.07) is 10.6. The quantitative estimate of drug-likeness (QED) is 0.624. The Labute approximate surface area is 107 Å². The van der Waals surface area contributed by atoms with Gasteiger partial charge in [0.25, 0.3) is 0 Å². The second-order valence-electron chi connectivity index (χ2n) is 3.58. The molecule has 0 saturated heterocycles. The lowest BCUT2D eigenvalue weighted by molar-refractivity contribution is 0.788. The Morgan fingerprint density at radius 1 is 0.941 bits per heavy atom. The zero-order valence-electron chi connectivity index (χ0n) is 12.0. The number of nitrogens with zero attached hydrogens (tertiary/aromatic N) is 1. The van der Waals surface area contributed by atoms with Crippen LogP contribution in [0.25, 0.3) is 0 Å². The number of hydrogen-bond acceptors (Lipinski definition) is 1. The van der Waals surface area contributed by atoms with Gasteiger partial charge in [0.1, 0.15) is 0 Å². The predicted octanol–water partition coefficient (Wildman–Crippen LogP) is 4.90. The van der Waals surface area contributed by atoms with E-state index in [-0.39, 0.29) is 0 Å². The molecular formula is C16H27N. The third-order valence-corrected chi connectivity index (χ3v) is 2.56. The first-order chi connectivity index (χ1) is 8.36. The highest BCUT2D eigenvalue weighted by Gasteiger charge is 2.08. The first-order valence-corrected chi connectivity index (χ1v) is 6.82. The van der Waals surface area contributed by atoms with Crippen molar-refractivity contribution in [2.75, 3.05) is 18.0 Å². The second-order valence-corrected chi connectivity index (χ2v) is 3.58. The Hall–Kier alpha value is -1.24. The molecule has 0 N–H and O–H groups in total. The molecule has 0 bridgehead atoms. The lowest BCUT2D eigenvalue weighted by Crippen LogP contribution is -2.27. The van der Waals surface area contributed by atoms with Crippen molar-refractivity contribution in [3.05, 3.63) is 42.0 Å². The van der Waals surface area contributed by atoms with Crippen LogP contribution in [0.4, 0.5) is 5.69 Å². The molecule has 17 heavy (non-hydrogen) atoms. The maximum Gasteiger partial charge on any atom is 0.0369 e. The SMILES string of the molecule is CC.CC.CC1=CCN(c2ccccc2)CC1. The van der Waals surface area contributed by atoms with Gasteiger partial charge in [0.05, 0.1) is 0 Å². The van der Waals surface area contributed by atoms with Crippen LogP contribution in [0.15, 0.2) is 42.0 Å². The molecule has 0 aliphatic carbocycles. The molecule has 1 aliphatic rings. The molecule has 1 nitrogen and oxygen atoms in total. The Morgan fingerprint density at radius 3 is 2.00 bits per heavy atom. The number of rotatable bonds is 1. The smallest absolute Gasteiger partial charge is 0.0369 e. The van der Waals surface area contributed by atoms with Gasteiger partial charge < -0.3 is 4.90 Å². The molecule has 2 rings (SSSR count). The van der Waals surface area contributed by atoms with E-state index in [9.17, 15) is 0 Å². The fourth-order valence-corrected chi connectivity index (χ4v) is 1.64. The van der Waals surface area contributed by atoms with Crippen LogP contribution < -0.4 is 4.90 Å². The lowest BCUT2D eigenvalue weighted by Gasteiger charge is -2.27. The molecular weight excluding hydrogens is 206 g/mol. The van der Waals surface area contributed by atoms with E-state index in [0.717, 1.165) is 13.1 Å². The summed E-state index contributed by atoms with van der Waals surface area (Å²) in [6.07, 6.45) is 3.52. The summed E-state index contributed by atoms with van der Waals surface area (Å²) < 4.78 is 0. The minimum atomic E-state index is 1.07. The van der Waals surface area contributed by atoms with Gasteiger partial charge in [-0.1, -0.05) is 57.5 Å². The fourth-order valence-electron chi connectivity index (χ4n) is 1.64. The number of para-hydroxylation sites is 1. The summed E-state index contributed by atoms with van der Waals surface area (Å²) >= 11 is 0. The van der Waals surface area contributed by atoms with Gasteiger partial charge in [-0.15, -0.1) is 0 Å². The van der Waals surface area contributed by atoms with E-state index in [2.05, 4.69) is 48.2 Å². The number of benzene rings is 1. The number of hydrogen-bond donors (Lipinski definition) is 0. The van der Waals surface area contributed by atoms with Crippen molar-refractivity contribution < 1.29 is 0 Å². The highest BCUT2D eigenvalue weighted by molar-refractivity contribution is 5.47. The highest BCUT2D eigenvalue weighted by Crippen LogP contribution is 2.18. The molecule has 0 saturated carbocycles. The average Bonchev–Trinajstić information content (AvgIpc) is 2.45. The van der Waals surface area contributed by atoms with Crippen LogP contribution in [0.1, 0.15) is 41.0 Å². The Bertz CT molecular complexity index is 301. The molecule has 1 aromatic carbocycles. The monoisotopic (exact) mass is 233 g/mol. The van der Waals surface area contributed by atoms with E-state index >= 15 is 0 Å². The molecule has 96 valence electrons. The summed E-state index contributed by atoms with van der Waals surface area (Å²) in [5, 5.41) is 0. The summed E-state index contributed by atoms with van der Waals surface area (Å²) in [4.78, 5) is 2.41. The van der Waals surface area contributed by atoms with Gasteiger partial charge in [-0.25, -0.2) is 0 Å². The van der Waals surface area contributed by atoms with E-state index < -0.39 is 0 Å². The van der Waals surface area contributed by atoms with Crippen LogP contribution in [0, 0.1) is 0 Å². The Kier molecular flexibility index (Phi) is 9.22. The van der Waals surface area contributed by atoms with Crippen LogP contribution in [0.5, 0.6) is 0 Å². The minimum absolute atomic E-state index is 1.07. The standard InChI is InChI=1S/C12H15N.2C2H6/c1-11-7-9-13(10-8-11)12-5-3-2-4-6-12;2*1-2/h2-7H,8-10H2,1H3;2*1-2H3. The van der Waals surface area contributed by atoms with Crippen molar-refractivity contribution in [3.63, 3.8) is 0 Å². The van der Waals surface area contributed by atoms with Crippen molar-refractivity contribution in [3.8, 4) is 0 Å². The van der Waals surface area contributed by atoms with Crippen LogP contribution in [0.3, 0.4) is 0 Å². The zero-order valence-corrected chi connectivity index (χ0v) is 12.0. The average molecular weight is 233 g/mol. The summed E-state index contributed by atoms with van der Waals surface area (Å²) in [6.45, 7) is 12.4. The van der Waals surface area contributed by atoms with Gasteiger partial charge in [0.15, 0.2) is 0 Å². The molecule has 0 atom stereocenters. The van der Waals surface area contributed by atoms with Gasteiger partial charge in [-0.05, 0) is 25.5 Å². The first-order valence-electron chi connectivity index (χ1n) is 6.82. The van der Waals surface area contributed by atoms with E-state index in [0.29, 0.717) is 0 Å². The zero-order chi connectivity index (χ0) is 13.1. The molecule has 0 fully saturated rings. The molecule has 0 aromatic heterocycles. The van der Waals surface area contributed by atoms with Crippen LogP contribution in [0.2, 0.25) is 0 Å². The van der Waals surface area contributed by atoms with Gasteiger partial charge in [0, 0.05) is 18.8 Å². The molecule has 1 aromatic rings. The topological polar surface area (TPSA) is 3.24 Å². The molecule has 0 amide bonds. The fraction of sp³-hybridized carbons (Fsp3) is 0.500. The number of anilines is 1. The van der Waals surface area contributed by atoms with Crippen LogP contribution in [-0.2, 0) is 0 Å². The summed E-state index contributed by atoms with van der Waals surface area (Å²) in [5.74, 6) is 0. The maximum absolute atomic E-state index is 2.41. The maximum atomic E-state index is 2.41. The van der Waals surface area contributed by atoms with E-state index in [1.165, 1.54) is 17.7 Å². The van der Waals surface area contributed by atoms with Crippen LogP contribution in [-0.4, -0.2) is 13.1 Å². The van der Waals surface area contributed by atoms with E-state index in [1.807, 2.05) is 27.7 Å². The summed E-state index contributed by atoms with van der Waals surface area (Å²) in [7, 11) is 0. The molecule has 1 heterocycles. The van der Waals surface area contributed by atoms with Crippen LogP contribution >= 0.6 is 0 Å². The minimum Gasteiger partial charge on any atom is -0.367 e. The largest absolute Gasteiger partial charge is 0.367 e. The highest BCUT2D eigenvalue weighted by atomic mass is 15.1. The third-order valence-electron chi connectivity index (χ3n) is 2.56. The Balaban J connectivity index is 0.000000581. The Morgan fingerprint density at radius 2 is 1.53 bits per heavy atom. The lowest BCUT2D eigenvalue weighted by atomic mass is 10.1. The van der Waals surface area contributed by atoms with Gasteiger partial charge in [0.2, 0.25) is 0 Å². The summed E-state index contributed by atoms with van der Waals surface area (Å²) in [5.41, 5.74) is 2.86. The van der Waals surface area contributed by atoms with E-state index in [4.69, 9.17) is 0 Å². The predicted molar refractivity (Wildman–Crippen MR) is 79.7 cm³/mol. The second kappa shape index (κ2) is 9.95. The first kappa shape index (κ1) is 15.8. The molecule has 0 radical (unpaired) electrons. The molecule has 0 spiro atoms. The van der Waals surface area contributed by atoms with Crippen molar-refractivity contribution in [1.82, 2.24) is 0 Å². The molecule has 1 heteroatoms. The van der Waals surface area contributed by atoms with Gasteiger partial charge >= 0.3 is 0 Å². The van der Waals surface area contributed by atoms with Gasteiger partial charge in [-0.2, -0.15) is 0 Å². The molecule has 1 aliphatic heterocycles. The molecule has 0 unspecified atom stereocenters. The normalized spacial score (nSPS) is 13.7. The van der Waals surface area contributed by atoms with Crippen molar-refractivity contribution in [2.24, 2.45) is 0 Å². The van der Waals surface area contributed by atoms with E-state index in [1.54, 1.807) is 0 Å².